The van der Waals surface area contributed by atoms with Crippen molar-refractivity contribution >= 4 is 34.7 Å². The highest BCUT2D eigenvalue weighted by Crippen LogP contribution is 2.36. The van der Waals surface area contributed by atoms with Gasteiger partial charge >= 0.3 is 0 Å². The average molecular weight is 494 g/mol. The first kappa shape index (κ1) is 22.9. The Morgan fingerprint density at radius 2 is 2.14 bits per heavy atom. The monoisotopic (exact) mass is 493 g/mol. The lowest BCUT2D eigenvalue weighted by Gasteiger charge is -2.23. The molecule has 4 aromatic rings. The first-order valence-corrected chi connectivity index (χ1v) is 11.7. The van der Waals surface area contributed by atoms with Gasteiger partial charge in [-0.15, -0.1) is 0 Å². The number of halogens is 1. The summed E-state index contributed by atoms with van der Waals surface area (Å²) >= 11 is 6.26. The van der Waals surface area contributed by atoms with E-state index >= 15 is 0 Å². The van der Waals surface area contributed by atoms with Gasteiger partial charge in [-0.2, -0.15) is 10.2 Å². The summed E-state index contributed by atoms with van der Waals surface area (Å²) < 4.78 is 8.72. The van der Waals surface area contributed by atoms with Crippen molar-refractivity contribution in [2.75, 3.05) is 19.0 Å². The van der Waals surface area contributed by atoms with Gasteiger partial charge in [-0.25, -0.2) is 9.50 Å². The molecule has 0 atom stereocenters. The fourth-order valence-electron chi connectivity index (χ4n) is 3.98. The van der Waals surface area contributed by atoms with Crippen molar-refractivity contribution < 1.29 is 14.3 Å². The van der Waals surface area contributed by atoms with Crippen LogP contribution in [0.5, 0.6) is 5.75 Å². The number of ether oxygens (including phenoxy) is 1. The Bertz CT molecular complexity index is 1390. The number of hydrogen-bond acceptors (Lipinski definition) is 6. The first-order valence-electron chi connectivity index (χ1n) is 11.3. The van der Waals surface area contributed by atoms with Crippen LogP contribution in [0.25, 0.3) is 16.9 Å². The normalized spacial score (nSPS) is 13.4. The second-order valence-electron chi connectivity index (χ2n) is 8.32. The largest absolute Gasteiger partial charge is 0.496 e. The molecule has 0 unspecified atom stereocenters. The smallest absolute Gasteiger partial charge is 0.261 e. The number of carbonyl (C=O) groups is 2. The number of nitrogens with zero attached hydrogens (tertiary/aromatic N) is 5. The Kier molecular flexibility index (Phi) is 6.37. The number of anilines is 1. The number of amides is 2. The fraction of sp³-hybridized carbons (Fsp3) is 0.292. The van der Waals surface area contributed by atoms with Crippen LogP contribution in [0.15, 0.2) is 49.1 Å². The molecule has 0 aliphatic heterocycles. The van der Waals surface area contributed by atoms with Crippen LogP contribution in [0.4, 0.5) is 5.69 Å². The van der Waals surface area contributed by atoms with Crippen LogP contribution in [0.2, 0.25) is 5.02 Å². The highest BCUT2D eigenvalue weighted by Gasteiger charge is 2.25. The molecule has 0 saturated heterocycles. The zero-order valence-electron chi connectivity index (χ0n) is 19.1. The van der Waals surface area contributed by atoms with E-state index in [0.717, 1.165) is 19.3 Å². The van der Waals surface area contributed by atoms with E-state index in [0.29, 0.717) is 52.0 Å². The molecule has 2 N–H and O–H groups in total. The Morgan fingerprint density at radius 1 is 1.29 bits per heavy atom. The summed E-state index contributed by atoms with van der Waals surface area (Å²) in [6.07, 6.45) is 9.51. The van der Waals surface area contributed by atoms with Crippen LogP contribution < -0.4 is 15.4 Å². The molecule has 5 rings (SSSR count). The number of fused-ring (bicyclic) bond motifs is 1. The van der Waals surface area contributed by atoms with E-state index in [2.05, 4.69) is 25.8 Å². The molecule has 0 radical (unpaired) electrons. The van der Waals surface area contributed by atoms with Gasteiger partial charge in [-0.3, -0.25) is 14.3 Å². The lowest BCUT2D eigenvalue weighted by Crippen LogP contribution is -2.36. The Morgan fingerprint density at radius 3 is 2.91 bits per heavy atom. The summed E-state index contributed by atoms with van der Waals surface area (Å²) in [5.41, 5.74) is 2.36. The molecule has 1 saturated carbocycles. The number of carbonyl (C=O) groups excluding carboxylic acids is 2. The van der Waals surface area contributed by atoms with Crippen LogP contribution in [0, 0.1) is 5.92 Å². The summed E-state index contributed by atoms with van der Waals surface area (Å²) in [4.78, 5) is 29.6. The van der Waals surface area contributed by atoms with Gasteiger partial charge in [-0.05, 0) is 37.1 Å². The maximum absolute atomic E-state index is 13.2. The van der Waals surface area contributed by atoms with Gasteiger partial charge in [0.2, 0.25) is 5.91 Å². The van der Waals surface area contributed by atoms with E-state index in [4.69, 9.17) is 16.3 Å². The number of methoxy groups -OCH3 is 1. The molecule has 1 fully saturated rings. The molecule has 3 heterocycles. The first-order chi connectivity index (χ1) is 17.0. The molecule has 10 nitrogen and oxygen atoms in total. The molecular weight excluding hydrogens is 470 g/mol. The third-order valence-corrected chi connectivity index (χ3v) is 6.30. The molecule has 1 aromatic carbocycles. The minimum Gasteiger partial charge on any atom is -0.496 e. The summed E-state index contributed by atoms with van der Waals surface area (Å²) in [5.74, 6) is 0.382. The number of hydrogen-bond donors (Lipinski definition) is 2. The third kappa shape index (κ3) is 4.69. The van der Waals surface area contributed by atoms with E-state index in [1.165, 1.54) is 10.7 Å². The van der Waals surface area contributed by atoms with Gasteiger partial charge in [0.05, 0.1) is 25.5 Å². The average Bonchev–Trinajstić information content (AvgIpc) is 3.42. The van der Waals surface area contributed by atoms with Crippen LogP contribution >= 0.6 is 11.6 Å². The summed E-state index contributed by atoms with van der Waals surface area (Å²) in [6, 6.07) is 6.94. The van der Waals surface area contributed by atoms with Gasteiger partial charge in [0.25, 0.3) is 5.91 Å². The number of aromatic nitrogens is 5. The van der Waals surface area contributed by atoms with Gasteiger partial charge < -0.3 is 15.4 Å². The maximum atomic E-state index is 13.2. The second-order valence-corrected chi connectivity index (χ2v) is 8.75. The molecule has 1 aliphatic rings. The SMILES string of the molecule is COc1ccc(Cl)cc1-c1nn(CCNC(=O)C2CCC2)cc1NC(=O)c1cnn2cccnc12. The van der Waals surface area contributed by atoms with Crippen LogP contribution in [0.1, 0.15) is 29.6 Å². The van der Waals surface area contributed by atoms with Gasteiger partial charge in [0, 0.05) is 41.6 Å². The van der Waals surface area contributed by atoms with Crippen molar-refractivity contribution in [2.24, 2.45) is 5.92 Å². The maximum Gasteiger partial charge on any atom is 0.261 e. The highest BCUT2D eigenvalue weighted by molar-refractivity contribution is 6.31. The predicted molar refractivity (Wildman–Crippen MR) is 131 cm³/mol. The number of nitrogens with one attached hydrogen (secondary N) is 2. The van der Waals surface area contributed by atoms with Crippen molar-refractivity contribution in [3.8, 4) is 17.0 Å². The minimum absolute atomic E-state index is 0.0780. The van der Waals surface area contributed by atoms with E-state index in [1.807, 2.05) is 0 Å². The van der Waals surface area contributed by atoms with E-state index in [9.17, 15) is 9.59 Å². The Balaban J connectivity index is 1.43. The molecule has 11 heteroatoms. The van der Waals surface area contributed by atoms with E-state index in [-0.39, 0.29) is 17.7 Å². The Hall–Kier alpha value is -3.92. The molecule has 1 aliphatic carbocycles. The van der Waals surface area contributed by atoms with Gasteiger partial charge in [0.15, 0.2) is 5.65 Å². The van der Waals surface area contributed by atoms with Gasteiger partial charge in [-0.1, -0.05) is 18.0 Å². The van der Waals surface area contributed by atoms with Crippen molar-refractivity contribution in [1.82, 2.24) is 29.7 Å². The summed E-state index contributed by atoms with van der Waals surface area (Å²) in [5, 5.41) is 15.3. The standard InChI is InChI=1S/C24H24ClN7O3/c1-35-20-7-6-16(25)12-17(20)21-19(14-31(30-21)11-9-27-23(33)15-4-2-5-15)29-24(34)18-13-28-32-10-3-8-26-22(18)32/h3,6-8,10,12-15H,2,4-5,9,11H2,1H3,(H,27,33)(H,29,34). The zero-order chi connectivity index (χ0) is 24.4. The van der Waals surface area contributed by atoms with Gasteiger partial charge in [0.1, 0.15) is 17.0 Å². The number of benzene rings is 1. The molecule has 35 heavy (non-hydrogen) atoms. The van der Waals surface area contributed by atoms with Crippen molar-refractivity contribution in [2.45, 2.75) is 25.8 Å². The summed E-state index contributed by atoms with van der Waals surface area (Å²) in [7, 11) is 1.56. The summed E-state index contributed by atoms with van der Waals surface area (Å²) in [6.45, 7) is 0.858. The predicted octanol–water partition coefficient (Wildman–Crippen LogP) is 3.42. The van der Waals surface area contributed by atoms with Crippen LogP contribution in [0.3, 0.4) is 0 Å². The van der Waals surface area contributed by atoms with Crippen molar-refractivity contribution in [3.05, 3.63) is 59.6 Å². The van der Waals surface area contributed by atoms with Crippen molar-refractivity contribution in [1.29, 1.82) is 0 Å². The quantitative estimate of drug-likeness (QED) is 0.388. The molecule has 0 bridgehead atoms. The van der Waals surface area contributed by atoms with Crippen molar-refractivity contribution in [3.63, 3.8) is 0 Å². The molecule has 2 amide bonds. The second kappa shape index (κ2) is 9.75. The van der Waals surface area contributed by atoms with E-state index in [1.54, 1.807) is 54.6 Å². The lowest BCUT2D eigenvalue weighted by atomic mass is 9.85. The van der Waals surface area contributed by atoms with Crippen LogP contribution in [-0.4, -0.2) is 49.8 Å². The molecule has 3 aromatic heterocycles. The van der Waals surface area contributed by atoms with E-state index < -0.39 is 0 Å². The topological polar surface area (TPSA) is 115 Å². The number of rotatable bonds is 8. The zero-order valence-corrected chi connectivity index (χ0v) is 19.8. The fourth-order valence-corrected chi connectivity index (χ4v) is 4.15. The molecule has 180 valence electrons. The third-order valence-electron chi connectivity index (χ3n) is 6.07. The van der Waals surface area contributed by atoms with Crippen LogP contribution in [-0.2, 0) is 11.3 Å². The minimum atomic E-state index is -0.376. The Labute approximate surface area is 206 Å². The molecular formula is C24H24ClN7O3. The lowest BCUT2D eigenvalue weighted by molar-refractivity contribution is -0.127. The molecule has 0 spiro atoms. The highest BCUT2D eigenvalue weighted by atomic mass is 35.5.